The minimum absolute atomic E-state index is 0.00463. The van der Waals surface area contributed by atoms with Gasteiger partial charge < -0.3 is 21.1 Å². The molecular formula is C23H28N4O3. The number of anilines is 2. The van der Waals surface area contributed by atoms with Crippen molar-refractivity contribution in [2.24, 2.45) is 17.6 Å². The van der Waals surface area contributed by atoms with Crippen molar-refractivity contribution in [3.63, 3.8) is 0 Å². The van der Waals surface area contributed by atoms with Crippen LogP contribution in [0.2, 0.25) is 0 Å². The first-order valence-electron chi connectivity index (χ1n) is 10.4. The Labute approximate surface area is 176 Å². The fraction of sp³-hybridized carbons (Fsp3) is 0.435. The highest BCUT2D eigenvalue weighted by Gasteiger charge is 2.47. The van der Waals surface area contributed by atoms with Crippen molar-refractivity contribution in [2.75, 3.05) is 10.2 Å². The third kappa shape index (κ3) is 3.54. The number of aliphatic hydroxyl groups excluding tert-OH is 1. The third-order valence-corrected chi connectivity index (χ3v) is 6.29. The number of aryl methyl sites for hydroxylation is 1. The van der Waals surface area contributed by atoms with Crippen molar-refractivity contribution < 1.29 is 14.7 Å². The molecule has 4 rings (SSSR count). The van der Waals surface area contributed by atoms with Gasteiger partial charge >= 0.3 is 0 Å². The normalized spacial score (nSPS) is 23.1. The zero-order chi connectivity index (χ0) is 21.6. The van der Waals surface area contributed by atoms with Crippen LogP contribution < -0.4 is 16.0 Å². The first kappa shape index (κ1) is 20.3. The summed E-state index contributed by atoms with van der Waals surface area (Å²) >= 11 is 0. The van der Waals surface area contributed by atoms with Crippen LogP contribution in [0.15, 0.2) is 30.3 Å². The number of aliphatic hydroxyl groups is 1. The summed E-state index contributed by atoms with van der Waals surface area (Å²) in [5.41, 5.74) is 9.14. The molecule has 158 valence electrons. The van der Waals surface area contributed by atoms with Gasteiger partial charge in [0.2, 0.25) is 11.8 Å². The number of nitrogens with zero attached hydrogens (tertiary/aromatic N) is 2. The number of nitrogens with one attached hydrogen (secondary N) is 1. The van der Waals surface area contributed by atoms with Crippen LogP contribution in [-0.4, -0.2) is 27.9 Å². The Morgan fingerprint density at radius 1 is 1.27 bits per heavy atom. The number of carbonyl (C=O) groups is 2. The molecule has 2 aliphatic rings. The second-order valence-corrected chi connectivity index (χ2v) is 8.45. The Balaban J connectivity index is 1.85. The van der Waals surface area contributed by atoms with Crippen molar-refractivity contribution in [3.8, 4) is 0 Å². The van der Waals surface area contributed by atoms with E-state index in [0.29, 0.717) is 22.9 Å². The summed E-state index contributed by atoms with van der Waals surface area (Å²) in [6, 6.07) is 8.89. The summed E-state index contributed by atoms with van der Waals surface area (Å²) < 4.78 is 0. The molecule has 0 bridgehead atoms. The van der Waals surface area contributed by atoms with Gasteiger partial charge in [0.1, 0.15) is 5.82 Å². The lowest BCUT2D eigenvalue weighted by atomic mass is 9.79. The molecule has 1 fully saturated rings. The van der Waals surface area contributed by atoms with E-state index in [9.17, 15) is 14.7 Å². The Kier molecular flexibility index (Phi) is 5.24. The van der Waals surface area contributed by atoms with Crippen LogP contribution in [0.4, 0.5) is 11.5 Å². The van der Waals surface area contributed by atoms with E-state index >= 15 is 0 Å². The predicted octanol–water partition coefficient (Wildman–Crippen LogP) is 2.92. The minimum atomic E-state index is -0.507. The summed E-state index contributed by atoms with van der Waals surface area (Å²) in [4.78, 5) is 31.0. The van der Waals surface area contributed by atoms with Crippen LogP contribution >= 0.6 is 0 Å². The predicted molar refractivity (Wildman–Crippen MR) is 115 cm³/mol. The maximum absolute atomic E-state index is 12.6. The quantitative estimate of drug-likeness (QED) is 0.705. The first-order valence-corrected chi connectivity index (χ1v) is 10.4. The van der Waals surface area contributed by atoms with Crippen LogP contribution in [0.3, 0.4) is 0 Å². The number of nitrogens with two attached hydrogens (primary N) is 1. The molecule has 0 spiro atoms. The number of primary amides is 1. The van der Waals surface area contributed by atoms with Gasteiger partial charge in [-0.25, -0.2) is 4.98 Å². The van der Waals surface area contributed by atoms with Crippen LogP contribution in [-0.2, 0) is 11.4 Å². The van der Waals surface area contributed by atoms with E-state index < -0.39 is 5.91 Å². The number of carbonyl (C=O) groups excluding carboxylic acids is 2. The van der Waals surface area contributed by atoms with E-state index in [4.69, 9.17) is 5.73 Å². The number of pyridine rings is 1. The third-order valence-electron chi connectivity index (χ3n) is 6.29. The molecule has 0 radical (unpaired) electrons. The van der Waals surface area contributed by atoms with Crippen molar-refractivity contribution >= 4 is 23.3 Å². The largest absolute Gasteiger partial charge is 0.392 e. The number of aromatic nitrogens is 1. The fourth-order valence-corrected chi connectivity index (χ4v) is 4.70. The van der Waals surface area contributed by atoms with Gasteiger partial charge in [-0.15, -0.1) is 0 Å². The second kappa shape index (κ2) is 7.72. The molecule has 1 aromatic carbocycles. The highest BCUT2D eigenvalue weighted by molar-refractivity contribution is 5.97. The molecule has 7 nitrogen and oxygen atoms in total. The smallest absolute Gasteiger partial charge is 0.248 e. The number of fused-ring (bicyclic) bond motifs is 1. The zero-order valence-corrected chi connectivity index (χ0v) is 17.6. The van der Waals surface area contributed by atoms with Crippen LogP contribution in [0, 0.1) is 18.8 Å². The van der Waals surface area contributed by atoms with E-state index in [2.05, 4.69) is 17.2 Å². The number of amides is 2. The standard InChI is InChI=1S/C23H28N4O3/c1-12-4-5-17(11-28)23(25-12)26-20-13(2)21(15-6-7-15)27(14(3)29)19-9-8-16(22(24)30)10-18(19)20/h4-5,8-10,13,15,20-21,28H,6-7,11H2,1-3H3,(H2,24,30)(H,25,26)/t13-,20-,21-/m1/s1. The molecule has 7 heteroatoms. The number of benzene rings is 1. The van der Waals surface area contributed by atoms with Gasteiger partial charge in [0.15, 0.2) is 0 Å². The van der Waals surface area contributed by atoms with Crippen molar-refractivity contribution in [2.45, 2.75) is 52.3 Å². The van der Waals surface area contributed by atoms with E-state index in [0.717, 1.165) is 29.8 Å². The average Bonchev–Trinajstić information content (AvgIpc) is 3.54. The Morgan fingerprint density at radius 3 is 2.60 bits per heavy atom. The number of hydrogen-bond acceptors (Lipinski definition) is 5. The molecule has 0 unspecified atom stereocenters. The lowest BCUT2D eigenvalue weighted by Crippen LogP contribution is -2.51. The van der Waals surface area contributed by atoms with Gasteiger partial charge in [-0.2, -0.15) is 0 Å². The maximum Gasteiger partial charge on any atom is 0.248 e. The molecule has 2 aromatic rings. The van der Waals surface area contributed by atoms with Gasteiger partial charge in [-0.3, -0.25) is 9.59 Å². The number of hydrogen-bond donors (Lipinski definition) is 3. The number of rotatable bonds is 5. The van der Waals surface area contributed by atoms with Crippen LogP contribution in [0.1, 0.15) is 59.9 Å². The average molecular weight is 409 g/mol. The van der Waals surface area contributed by atoms with Gasteiger partial charge in [0.25, 0.3) is 0 Å². The van der Waals surface area contributed by atoms with E-state index in [1.165, 1.54) is 0 Å². The van der Waals surface area contributed by atoms with Gasteiger partial charge in [0.05, 0.1) is 12.6 Å². The molecule has 3 atom stereocenters. The molecule has 1 aliphatic carbocycles. The summed E-state index contributed by atoms with van der Waals surface area (Å²) in [5, 5.41) is 13.3. The highest BCUT2D eigenvalue weighted by Crippen LogP contribution is 2.50. The van der Waals surface area contributed by atoms with Crippen molar-refractivity contribution in [1.29, 1.82) is 0 Å². The maximum atomic E-state index is 12.6. The molecule has 2 heterocycles. The summed E-state index contributed by atoms with van der Waals surface area (Å²) in [6.45, 7) is 5.50. The molecule has 1 aliphatic heterocycles. The molecule has 30 heavy (non-hydrogen) atoms. The van der Waals surface area contributed by atoms with Crippen molar-refractivity contribution in [1.82, 2.24) is 4.98 Å². The van der Waals surface area contributed by atoms with E-state index in [1.54, 1.807) is 19.1 Å². The Hall–Kier alpha value is -2.93. The zero-order valence-electron chi connectivity index (χ0n) is 17.6. The lowest BCUT2D eigenvalue weighted by Gasteiger charge is -2.46. The SMILES string of the molecule is CC(=O)N1c2ccc(C(N)=O)cc2[C@H](Nc2nc(C)ccc2CO)[C@@H](C)[C@@H]1C1CC1. The molecule has 4 N–H and O–H groups in total. The minimum Gasteiger partial charge on any atom is -0.392 e. The molecular weight excluding hydrogens is 380 g/mol. The second-order valence-electron chi connectivity index (χ2n) is 8.45. The summed E-state index contributed by atoms with van der Waals surface area (Å²) in [7, 11) is 0. The van der Waals surface area contributed by atoms with E-state index in [1.807, 2.05) is 30.0 Å². The van der Waals surface area contributed by atoms with Crippen LogP contribution in [0.25, 0.3) is 0 Å². The first-order chi connectivity index (χ1) is 14.3. The molecule has 1 saturated carbocycles. The Morgan fingerprint density at radius 2 is 2.00 bits per heavy atom. The summed E-state index contributed by atoms with van der Waals surface area (Å²) in [5.74, 6) is 0.643. The summed E-state index contributed by atoms with van der Waals surface area (Å²) in [6.07, 6.45) is 2.20. The lowest BCUT2D eigenvalue weighted by molar-refractivity contribution is -0.117. The molecule has 0 saturated heterocycles. The fourth-order valence-electron chi connectivity index (χ4n) is 4.70. The van der Waals surface area contributed by atoms with Gasteiger partial charge in [0, 0.05) is 41.4 Å². The topological polar surface area (TPSA) is 109 Å². The molecule has 1 aromatic heterocycles. The van der Waals surface area contributed by atoms with Gasteiger partial charge in [-0.1, -0.05) is 13.0 Å². The van der Waals surface area contributed by atoms with Gasteiger partial charge in [-0.05, 0) is 55.5 Å². The van der Waals surface area contributed by atoms with Crippen molar-refractivity contribution in [3.05, 3.63) is 52.7 Å². The van der Waals surface area contributed by atoms with Crippen LogP contribution in [0.5, 0.6) is 0 Å². The molecule has 2 amide bonds. The van der Waals surface area contributed by atoms with E-state index in [-0.39, 0.29) is 30.5 Å². The highest BCUT2D eigenvalue weighted by atomic mass is 16.3. The Bertz CT molecular complexity index is 1000. The monoisotopic (exact) mass is 408 g/mol.